The number of carbonyl (C=O) groups is 1. The second-order valence-corrected chi connectivity index (χ2v) is 3.77. The lowest BCUT2D eigenvalue weighted by Gasteiger charge is -2.09. The molecule has 4 nitrogen and oxygen atoms in total. The maximum Gasteiger partial charge on any atom is 0.349 e. The summed E-state index contributed by atoms with van der Waals surface area (Å²) in [6.07, 6.45) is 0. The quantitative estimate of drug-likeness (QED) is 0.610. The van der Waals surface area contributed by atoms with Crippen LogP contribution >= 0.6 is 11.8 Å². The van der Waals surface area contributed by atoms with Gasteiger partial charge in [-0.25, -0.2) is 9.18 Å². The lowest BCUT2D eigenvalue weighted by Crippen LogP contribution is -2.09. The van der Waals surface area contributed by atoms with E-state index in [0.29, 0.717) is 28.1 Å². The third-order valence-corrected chi connectivity index (χ3v) is 2.61. The summed E-state index contributed by atoms with van der Waals surface area (Å²) >= 11 is 0.565. The van der Waals surface area contributed by atoms with Crippen LogP contribution in [-0.4, -0.2) is 23.7 Å². The molecule has 0 aliphatic heterocycles. The zero-order valence-electron chi connectivity index (χ0n) is 7.94. The second-order valence-electron chi connectivity index (χ2n) is 2.68. The van der Waals surface area contributed by atoms with Crippen molar-refractivity contribution in [1.29, 1.82) is 0 Å². The van der Waals surface area contributed by atoms with Gasteiger partial charge in [-0.05, 0) is 12.1 Å². The van der Waals surface area contributed by atoms with Gasteiger partial charge in [-0.15, -0.1) is 0 Å². The smallest absolute Gasteiger partial charge is 0.349 e. The number of nitrogens with two attached hydrogens (primary N) is 1. The van der Waals surface area contributed by atoms with Crippen LogP contribution in [0.3, 0.4) is 0 Å². The van der Waals surface area contributed by atoms with Crippen LogP contribution in [0.4, 0.5) is 10.1 Å². The molecule has 1 atom stereocenters. The number of carboxylic acids is 1. The Kier molecular flexibility index (Phi) is 3.79. The maximum absolute atomic E-state index is 12.9. The van der Waals surface area contributed by atoms with Gasteiger partial charge >= 0.3 is 5.97 Å². The Hall–Kier alpha value is -1.43. The number of hydrogen-bond acceptors (Lipinski definition) is 4. The van der Waals surface area contributed by atoms with Crippen LogP contribution in [-0.2, 0) is 4.79 Å². The molecule has 0 saturated carbocycles. The average molecular weight is 231 g/mol. The molecule has 6 heteroatoms. The molecule has 15 heavy (non-hydrogen) atoms. The Balaban J connectivity index is 2.89. The third-order valence-electron chi connectivity index (χ3n) is 1.61. The van der Waals surface area contributed by atoms with Gasteiger partial charge in [0.1, 0.15) is 5.75 Å². The minimum atomic E-state index is -2.01. The fourth-order valence-corrected chi connectivity index (χ4v) is 1.67. The highest BCUT2D eigenvalue weighted by atomic mass is 32.2. The molecular formula is C9H10FNO3S. The molecule has 0 amide bonds. The van der Waals surface area contributed by atoms with E-state index < -0.39 is 11.5 Å². The minimum Gasteiger partial charge on any atom is -0.496 e. The van der Waals surface area contributed by atoms with Crippen molar-refractivity contribution in [1.82, 2.24) is 0 Å². The van der Waals surface area contributed by atoms with Gasteiger partial charge in [-0.1, -0.05) is 11.8 Å². The Bertz CT molecular complexity index is 372. The number of anilines is 1. The standard InChI is InChI=1S/C9H10FNO3S/c1-14-6-4-5(11)2-3-7(6)15-8(10)9(12)13/h2-4,8H,11H2,1H3,(H,12,13). The molecule has 0 heterocycles. The van der Waals surface area contributed by atoms with Crippen molar-refractivity contribution in [2.24, 2.45) is 0 Å². The fraction of sp³-hybridized carbons (Fsp3) is 0.222. The van der Waals surface area contributed by atoms with E-state index in [0.717, 1.165) is 0 Å². The SMILES string of the molecule is COc1cc(N)ccc1SC(F)C(=O)O. The molecule has 0 spiro atoms. The summed E-state index contributed by atoms with van der Waals surface area (Å²) in [7, 11) is 1.41. The summed E-state index contributed by atoms with van der Waals surface area (Å²) in [5, 5.41) is 8.40. The summed E-state index contributed by atoms with van der Waals surface area (Å²) < 4.78 is 17.9. The zero-order valence-corrected chi connectivity index (χ0v) is 8.75. The molecule has 0 fully saturated rings. The van der Waals surface area contributed by atoms with E-state index in [4.69, 9.17) is 15.6 Å². The van der Waals surface area contributed by atoms with Gasteiger partial charge in [0.2, 0.25) is 5.50 Å². The van der Waals surface area contributed by atoms with E-state index in [1.54, 1.807) is 6.07 Å². The molecule has 1 unspecified atom stereocenters. The van der Waals surface area contributed by atoms with Crippen molar-refractivity contribution in [3.05, 3.63) is 18.2 Å². The van der Waals surface area contributed by atoms with Crippen LogP contribution in [0, 0.1) is 0 Å². The van der Waals surface area contributed by atoms with Crippen molar-refractivity contribution in [3.63, 3.8) is 0 Å². The van der Waals surface area contributed by atoms with Gasteiger partial charge in [0.25, 0.3) is 0 Å². The molecule has 0 bridgehead atoms. The molecule has 0 aromatic heterocycles. The number of nitrogen functional groups attached to an aromatic ring is 1. The topological polar surface area (TPSA) is 72.5 Å². The van der Waals surface area contributed by atoms with E-state index >= 15 is 0 Å². The van der Waals surface area contributed by atoms with Crippen LogP contribution < -0.4 is 10.5 Å². The Morgan fingerprint density at radius 2 is 2.33 bits per heavy atom. The van der Waals surface area contributed by atoms with Crippen molar-refractivity contribution in [2.45, 2.75) is 10.4 Å². The minimum absolute atomic E-state index is 0.365. The second kappa shape index (κ2) is 4.88. The number of aliphatic carboxylic acids is 1. The Morgan fingerprint density at radius 3 is 2.87 bits per heavy atom. The van der Waals surface area contributed by atoms with Crippen LogP contribution in [0.2, 0.25) is 0 Å². The van der Waals surface area contributed by atoms with E-state index in [-0.39, 0.29) is 0 Å². The molecule has 0 aliphatic carbocycles. The van der Waals surface area contributed by atoms with Crippen LogP contribution in [0.5, 0.6) is 5.75 Å². The van der Waals surface area contributed by atoms with Gasteiger partial charge in [0.15, 0.2) is 0 Å². The van der Waals surface area contributed by atoms with Crippen molar-refractivity contribution < 1.29 is 19.0 Å². The number of thioether (sulfide) groups is 1. The molecule has 0 radical (unpaired) electrons. The molecule has 0 aliphatic rings. The van der Waals surface area contributed by atoms with Crippen LogP contribution in [0.25, 0.3) is 0 Å². The van der Waals surface area contributed by atoms with E-state index in [1.807, 2.05) is 0 Å². The number of hydrogen-bond donors (Lipinski definition) is 2. The van der Waals surface area contributed by atoms with E-state index in [9.17, 15) is 9.18 Å². The summed E-state index contributed by atoms with van der Waals surface area (Å²) in [4.78, 5) is 10.7. The zero-order chi connectivity index (χ0) is 11.4. The largest absolute Gasteiger partial charge is 0.496 e. The molecule has 1 rings (SSSR count). The average Bonchev–Trinajstić information content (AvgIpc) is 2.20. The lowest BCUT2D eigenvalue weighted by atomic mass is 10.3. The van der Waals surface area contributed by atoms with E-state index in [2.05, 4.69) is 0 Å². The highest BCUT2D eigenvalue weighted by Gasteiger charge is 2.19. The third kappa shape index (κ3) is 3.02. The van der Waals surface area contributed by atoms with E-state index in [1.165, 1.54) is 19.2 Å². The normalized spacial score (nSPS) is 12.1. The fourth-order valence-electron chi connectivity index (χ4n) is 0.943. The predicted octanol–water partition coefficient (Wildman–Crippen LogP) is 1.75. The van der Waals surface area contributed by atoms with Gasteiger partial charge < -0.3 is 15.6 Å². The maximum atomic E-state index is 12.9. The Labute approximate surface area is 90.2 Å². The number of methoxy groups -OCH3 is 1. The molecule has 3 N–H and O–H groups in total. The van der Waals surface area contributed by atoms with Gasteiger partial charge in [0, 0.05) is 11.8 Å². The van der Waals surface area contributed by atoms with Crippen molar-refractivity contribution in [2.75, 3.05) is 12.8 Å². The van der Waals surface area contributed by atoms with Crippen molar-refractivity contribution >= 4 is 23.4 Å². The number of benzene rings is 1. The highest BCUT2D eigenvalue weighted by molar-refractivity contribution is 8.00. The predicted molar refractivity (Wildman–Crippen MR) is 55.8 cm³/mol. The van der Waals surface area contributed by atoms with Gasteiger partial charge in [-0.3, -0.25) is 0 Å². The lowest BCUT2D eigenvalue weighted by molar-refractivity contribution is -0.139. The molecule has 82 valence electrons. The number of ether oxygens (including phenoxy) is 1. The number of alkyl halides is 1. The van der Waals surface area contributed by atoms with Crippen LogP contribution in [0.1, 0.15) is 0 Å². The first kappa shape index (κ1) is 11.6. The van der Waals surface area contributed by atoms with Crippen molar-refractivity contribution in [3.8, 4) is 5.75 Å². The first-order chi connectivity index (χ1) is 7.04. The van der Waals surface area contributed by atoms with Gasteiger partial charge in [0.05, 0.1) is 12.0 Å². The molecule has 1 aromatic rings. The first-order valence-electron chi connectivity index (χ1n) is 4.01. The monoisotopic (exact) mass is 231 g/mol. The summed E-state index contributed by atoms with van der Waals surface area (Å²) in [5.74, 6) is -1.15. The molecule has 0 saturated heterocycles. The van der Waals surface area contributed by atoms with Crippen LogP contribution in [0.15, 0.2) is 23.1 Å². The first-order valence-corrected chi connectivity index (χ1v) is 4.89. The highest BCUT2D eigenvalue weighted by Crippen LogP contribution is 2.34. The summed E-state index contributed by atoms with van der Waals surface area (Å²) in [6.45, 7) is 0. The molecule has 1 aromatic carbocycles. The Morgan fingerprint density at radius 1 is 1.67 bits per heavy atom. The number of halogens is 1. The molecular weight excluding hydrogens is 221 g/mol. The van der Waals surface area contributed by atoms with Gasteiger partial charge in [-0.2, -0.15) is 0 Å². The number of carboxylic acid groups (broad SMARTS) is 1. The summed E-state index contributed by atoms with van der Waals surface area (Å²) in [5.41, 5.74) is 3.96. The number of rotatable bonds is 4. The summed E-state index contributed by atoms with van der Waals surface area (Å²) in [6, 6.07) is 4.59.